The van der Waals surface area contributed by atoms with Crippen LogP contribution in [0, 0.1) is 0 Å². The lowest BCUT2D eigenvalue weighted by molar-refractivity contribution is 0.495. The molecule has 1 aromatic rings. The van der Waals surface area contributed by atoms with Gasteiger partial charge in [0.2, 0.25) is 10.0 Å². The predicted molar refractivity (Wildman–Crippen MR) is 64.4 cm³/mol. The molecule has 1 rings (SSSR count). The first-order valence-corrected chi connectivity index (χ1v) is 6.12. The number of rotatable bonds is 4. The summed E-state index contributed by atoms with van der Waals surface area (Å²) in [7, 11) is 1.51. The summed E-state index contributed by atoms with van der Waals surface area (Å²) in [6.07, 6.45) is 0. The van der Waals surface area contributed by atoms with Gasteiger partial charge in [-0.3, -0.25) is 0 Å². The number of nitrogens with one attached hydrogen (secondary N) is 2. The minimum atomic E-state index is -3.49. The lowest BCUT2D eigenvalue weighted by Crippen LogP contribution is -2.21. The normalized spacial score (nSPS) is 11.8. The number of nitrogens with two attached hydrogens (primary N) is 1. The molecular weight excluding hydrogens is 228 g/mol. The van der Waals surface area contributed by atoms with Crippen molar-refractivity contribution in [3.63, 3.8) is 0 Å². The van der Waals surface area contributed by atoms with Crippen molar-refractivity contribution in [1.82, 2.24) is 9.73 Å². The Morgan fingerprint density at radius 1 is 1.31 bits per heavy atom. The number of hydrogen-bond donors (Lipinski definition) is 3. The molecule has 0 saturated carbocycles. The average molecular weight is 244 g/mol. The largest absolute Gasteiger partial charge is 0.398 e. The summed E-state index contributed by atoms with van der Waals surface area (Å²) in [4.78, 5) is 0.0827. The van der Waals surface area contributed by atoms with Crippen molar-refractivity contribution in [3.05, 3.63) is 18.2 Å². The summed E-state index contributed by atoms with van der Waals surface area (Å²) in [5.41, 5.74) is 9.60. The predicted octanol–water partition coefficient (Wildman–Crippen LogP) is 0.0654. The maximum absolute atomic E-state index is 11.5. The number of hydrazine groups is 1. The molecule has 0 atom stereocenters. The quantitative estimate of drug-likeness (QED) is 0.515. The van der Waals surface area contributed by atoms with Gasteiger partial charge < -0.3 is 11.2 Å². The fourth-order valence-corrected chi connectivity index (χ4v) is 2.07. The number of anilines is 2. The highest BCUT2D eigenvalue weighted by Gasteiger charge is 2.15. The highest BCUT2D eigenvalue weighted by molar-refractivity contribution is 7.89. The Kier molecular flexibility index (Phi) is 3.74. The molecule has 0 aliphatic rings. The third-order valence-corrected chi connectivity index (χ3v) is 3.41. The van der Waals surface area contributed by atoms with Gasteiger partial charge in [-0.25, -0.2) is 18.1 Å². The second-order valence-corrected chi connectivity index (χ2v) is 5.32. The number of nitrogens with zero attached hydrogens (tertiary/aromatic N) is 1. The summed E-state index contributed by atoms with van der Waals surface area (Å²) in [5.74, 6) is 0. The van der Waals surface area contributed by atoms with Crippen molar-refractivity contribution in [2.24, 2.45) is 0 Å². The number of sulfonamides is 1. The molecule has 7 heteroatoms. The van der Waals surface area contributed by atoms with Gasteiger partial charge in [-0.05, 0) is 25.2 Å². The number of benzene rings is 1. The molecule has 0 heterocycles. The molecular formula is C9H16N4O2S. The Hall–Kier alpha value is -1.31. The van der Waals surface area contributed by atoms with Crippen molar-refractivity contribution in [1.29, 1.82) is 0 Å². The third-order valence-electron chi connectivity index (χ3n) is 1.92. The van der Waals surface area contributed by atoms with Crippen LogP contribution in [0.15, 0.2) is 23.1 Å². The third kappa shape index (κ3) is 2.84. The molecule has 0 saturated heterocycles. The molecule has 0 radical (unpaired) electrons. The van der Waals surface area contributed by atoms with Crippen LogP contribution in [0.5, 0.6) is 0 Å². The van der Waals surface area contributed by atoms with E-state index in [4.69, 9.17) is 5.73 Å². The Bertz CT molecular complexity index is 470. The Balaban J connectivity index is 3.10. The van der Waals surface area contributed by atoms with Crippen LogP contribution in [0.4, 0.5) is 11.4 Å². The van der Waals surface area contributed by atoms with Gasteiger partial charge in [0.05, 0.1) is 11.4 Å². The molecule has 0 aromatic heterocycles. The highest BCUT2D eigenvalue weighted by Crippen LogP contribution is 2.22. The second kappa shape index (κ2) is 4.69. The van der Waals surface area contributed by atoms with Gasteiger partial charge in [-0.15, -0.1) is 0 Å². The molecule has 0 unspecified atom stereocenters. The number of nitrogen functional groups attached to an aromatic ring is 1. The van der Waals surface area contributed by atoms with E-state index in [2.05, 4.69) is 10.1 Å². The zero-order valence-electron chi connectivity index (χ0n) is 9.48. The first-order valence-electron chi connectivity index (χ1n) is 4.64. The van der Waals surface area contributed by atoms with Crippen LogP contribution in [0.2, 0.25) is 0 Å². The first-order chi connectivity index (χ1) is 7.36. The topological polar surface area (TPSA) is 87.5 Å². The maximum atomic E-state index is 11.5. The first kappa shape index (κ1) is 12.8. The van der Waals surface area contributed by atoms with Gasteiger partial charge in [-0.1, -0.05) is 0 Å². The van der Waals surface area contributed by atoms with Crippen molar-refractivity contribution in [2.75, 3.05) is 32.3 Å². The van der Waals surface area contributed by atoms with Crippen LogP contribution in [-0.4, -0.2) is 34.6 Å². The molecule has 0 spiro atoms. The van der Waals surface area contributed by atoms with Gasteiger partial charge in [-0.2, -0.15) is 0 Å². The van der Waals surface area contributed by atoms with E-state index in [1.807, 2.05) is 14.1 Å². The minimum Gasteiger partial charge on any atom is -0.398 e. The van der Waals surface area contributed by atoms with Crippen LogP contribution in [0.1, 0.15) is 0 Å². The minimum absolute atomic E-state index is 0.0827. The van der Waals surface area contributed by atoms with Crippen LogP contribution < -0.4 is 15.9 Å². The van der Waals surface area contributed by atoms with Crippen molar-refractivity contribution >= 4 is 21.4 Å². The molecule has 0 fully saturated rings. The monoisotopic (exact) mass is 244 g/mol. The smallest absolute Gasteiger partial charge is 0.242 e. The highest BCUT2D eigenvalue weighted by atomic mass is 32.2. The second-order valence-electron chi connectivity index (χ2n) is 3.47. The molecule has 1 aromatic carbocycles. The van der Waals surface area contributed by atoms with E-state index >= 15 is 0 Å². The summed E-state index contributed by atoms with van der Waals surface area (Å²) in [6.45, 7) is 0. The Morgan fingerprint density at radius 2 is 1.94 bits per heavy atom. The van der Waals surface area contributed by atoms with E-state index in [-0.39, 0.29) is 10.6 Å². The average Bonchev–Trinajstić information content (AvgIpc) is 2.16. The summed E-state index contributed by atoms with van der Waals surface area (Å²) in [5, 5.41) is 1.74. The molecule has 16 heavy (non-hydrogen) atoms. The van der Waals surface area contributed by atoms with E-state index in [0.29, 0.717) is 0 Å². The standard InChI is InChI=1S/C9H16N4O2S/c1-11-16(14,15)9-5-4-7(6-8(9)10)12-13(2)3/h4-6,11-12H,10H2,1-3H3. The molecule has 0 amide bonds. The molecule has 0 aliphatic heterocycles. The van der Waals surface area contributed by atoms with E-state index in [1.54, 1.807) is 17.1 Å². The maximum Gasteiger partial charge on any atom is 0.242 e. The molecule has 0 aliphatic carbocycles. The van der Waals surface area contributed by atoms with Gasteiger partial charge in [0.15, 0.2) is 0 Å². The van der Waals surface area contributed by atoms with Gasteiger partial charge in [0.25, 0.3) is 0 Å². The fraction of sp³-hybridized carbons (Fsp3) is 0.333. The van der Waals surface area contributed by atoms with E-state index < -0.39 is 10.0 Å². The summed E-state index contributed by atoms with van der Waals surface area (Å²) in [6, 6.07) is 4.69. The SMILES string of the molecule is CNS(=O)(=O)c1ccc(NN(C)C)cc1N. The lowest BCUT2D eigenvalue weighted by atomic mass is 10.3. The van der Waals surface area contributed by atoms with Gasteiger partial charge in [0, 0.05) is 14.1 Å². The summed E-state index contributed by atoms with van der Waals surface area (Å²) < 4.78 is 25.3. The van der Waals surface area contributed by atoms with E-state index in [1.165, 1.54) is 13.1 Å². The Morgan fingerprint density at radius 3 is 2.38 bits per heavy atom. The lowest BCUT2D eigenvalue weighted by Gasteiger charge is -2.15. The Labute approximate surface area is 95.5 Å². The van der Waals surface area contributed by atoms with Crippen molar-refractivity contribution in [3.8, 4) is 0 Å². The van der Waals surface area contributed by atoms with Crippen LogP contribution in [-0.2, 0) is 10.0 Å². The van der Waals surface area contributed by atoms with E-state index in [9.17, 15) is 8.42 Å². The van der Waals surface area contributed by atoms with Crippen LogP contribution in [0.3, 0.4) is 0 Å². The summed E-state index contributed by atoms with van der Waals surface area (Å²) >= 11 is 0. The van der Waals surface area contributed by atoms with Gasteiger partial charge >= 0.3 is 0 Å². The van der Waals surface area contributed by atoms with Crippen LogP contribution >= 0.6 is 0 Å². The van der Waals surface area contributed by atoms with Crippen molar-refractivity contribution < 1.29 is 8.42 Å². The molecule has 0 bridgehead atoms. The zero-order chi connectivity index (χ0) is 12.3. The number of hydrogen-bond acceptors (Lipinski definition) is 5. The van der Waals surface area contributed by atoms with E-state index in [0.717, 1.165) is 5.69 Å². The molecule has 4 N–H and O–H groups in total. The molecule has 6 nitrogen and oxygen atoms in total. The fourth-order valence-electron chi connectivity index (χ4n) is 1.23. The van der Waals surface area contributed by atoms with Crippen molar-refractivity contribution in [2.45, 2.75) is 4.90 Å². The zero-order valence-corrected chi connectivity index (χ0v) is 10.3. The van der Waals surface area contributed by atoms with Gasteiger partial charge in [0.1, 0.15) is 4.90 Å². The molecule has 90 valence electrons. The van der Waals surface area contributed by atoms with Crippen LogP contribution in [0.25, 0.3) is 0 Å².